The number of fused-ring (bicyclic) bond motifs is 1. The molecule has 0 radical (unpaired) electrons. The largest absolute Gasteiger partial charge is 0.468 e. The van der Waals surface area contributed by atoms with Crippen LogP contribution in [0.5, 0.6) is 0 Å². The van der Waals surface area contributed by atoms with Crippen molar-refractivity contribution in [1.82, 2.24) is 9.88 Å². The summed E-state index contributed by atoms with van der Waals surface area (Å²) in [7, 11) is 3.26. The lowest BCUT2D eigenvalue weighted by Crippen LogP contribution is -2.42. The number of nitrogens with zero attached hydrogens (tertiary/aromatic N) is 2. The Hall–Kier alpha value is -1.98. The van der Waals surface area contributed by atoms with E-state index in [9.17, 15) is 4.79 Å². The molecule has 0 saturated heterocycles. The number of likely N-dealkylation sites (N-methyl/N-ethyl adjacent to an activating group) is 1. The minimum Gasteiger partial charge on any atom is -0.468 e. The minimum absolute atomic E-state index is 0.295. The molecule has 0 N–H and O–H groups in total. The summed E-state index contributed by atoms with van der Waals surface area (Å²) in [5, 5.41) is 1.10. The number of ether oxygens (including phenoxy) is 2. The van der Waals surface area contributed by atoms with Gasteiger partial charge >= 0.3 is 5.97 Å². The maximum absolute atomic E-state index is 11.9. The maximum Gasteiger partial charge on any atom is 0.325 e. The molecule has 5 heteroatoms. The summed E-state index contributed by atoms with van der Waals surface area (Å²) in [4.78, 5) is 18.4. The highest BCUT2D eigenvalue weighted by Gasteiger charge is 2.24. The van der Waals surface area contributed by atoms with Gasteiger partial charge in [-0.05, 0) is 26.1 Å². The molecule has 0 amide bonds. The summed E-state index contributed by atoms with van der Waals surface area (Å²) in [6, 6.07) is 11.6. The predicted molar refractivity (Wildman–Crippen MR) is 85.5 cm³/mol. The van der Waals surface area contributed by atoms with Crippen LogP contribution in [0, 0.1) is 0 Å². The number of benzene rings is 1. The third-order valence-electron chi connectivity index (χ3n) is 3.55. The van der Waals surface area contributed by atoms with Crippen molar-refractivity contribution in [3.05, 3.63) is 42.1 Å². The van der Waals surface area contributed by atoms with Crippen molar-refractivity contribution >= 4 is 16.9 Å². The van der Waals surface area contributed by atoms with Crippen LogP contribution in [0.2, 0.25) is 0 Å². The van der Waals surface area contributed by atoms with Gasteiger partial charge in [0.1, 0.15) is 6.04 Å². The molecule has 0 aliphatic carbocycles. The van der Waals surface area contributed by atoms with Crippen molar-refractivity contribution in [3.63, 3.8) is 0 Å². The first-order valence-electron chi connectivity index (χ1n) is 7.36. The van der Waals surface area contributed by atoms with Gasteiger partial charge in [-0.3, -0.25) is 14.7 Å². The average Bonchev–Trinajstić information content (AvgIpc) is 2.54. The van der Waals surface area contributed by atoms with E-state index >= 15 is 0 Å². The van der Waals surface area contributed by atoms with Crippen LogP contribution in [0.1, 0.15) is 12.6 Å². The first-order chi connectivity index (χ1) is 10.7. The molecular weight excluding hydrogens is 280 g/mol. The van der Waals surface area contributed by atoms with Crippen molar-refractivity contribution in [2.24, 2.45) is 0 Å². The Morgan fingerprint density at radius 1 is 1.27 bits per heavy atom. The standard InChI is InChI=1S/C17H22N2O3/c1-4-22-12-16(17(20)21-3)19(2)11-14-10-9-13-7-5-6-8-15(13)18-14/h5-10,16H,4,11-12H2,1-3H3. The van der Waals surface area contributed by atoms with Gasteiger partial charge < -0.3 is 9.47 Å². The van der Waals surface area contributed by atoms with Crippen LogP contribution < -0.4 is 0 Å². The molecular formula is C17H22N2O3. The Morgan fingerprint density at radius 3 is 2.77 bits per heavy atom. The molecule has 0 spiro atoms. The fraction of sp³-hybridized carbons (Fsp3) is 0.412. The molecule has 0 aliphatic rings. The van der Waals surface area contributed by atoms with Crippen LogP contribution >= 0.6 is 0 Å². The normalized spacial score (nSPS) is 12.5. The first-order valence-corrected chi connectivity index (χ1v) is 7.36. The number of pyridine rings is 1. The van der Waals surface area contributed by atoms with Crippen LogP contribution in [-0.4, -0.2) is 49.3 Å². The lowest BCUT2D eigenvalue weighted by Gasteiger charge is -2.25. The average molecular weight is 302 g/mol. The molecule has 2 aromatic rings. The van der Waals surface area contributed by atoms with Crippen molar-refractivity contribution < 1.29 is 14.3 Å². The molecule has 1 atom stereocenters. The highest BCUT2D eigenvalue weighted by molar-refractivity contribution is 5.78. The molecule has 0 bridgehead atoms. The van der Waals surface area contributed by atoms with Crippen molar-refractivity contribution in [2.45, 2.75) is 19.5 Å². The van der Waals surface area contributed by atoms with Gasteiger partial charge in [-0.15, -0.1) is 0 Å². The Kier molecular flexibility index (Phi) is 5.86. The number of rotatable bonds is 7. The number of para-hydroxylation sites is 1. The Morgan fingerprint density at radius 2 is 2.05 bits per heavy atom. The Labute approximate surface area is 130 Å². The van der Waals surface area contributed by atoms with Gasteiger partial charge in [0.2, 0.25) is 0 Å². The van der Waals surface area contributed by atoms with E-state index in [1.165, 1.54) is 7.11 Å². The third-order valence-corrected chi connectivity index (χ3v) is 3.55. The highest BCUT2D eigenvalue weighted by Crippen LogP contribution is 2.14. The maximum atomic E-state index is 11.9. The van der Waals surface area contributed by atoms with E-state index in [0.29, 0.717) is 19.8 Å². The quantitative estimate of drug-likeness (QED) is 0.734. The van der Waals surface area contributed by atoms with Crippen LogP contribution in [0.25, 0.3) is 10.9 Å². The van der Waals surface area contributed by atoms with Gasteiger partial charge in [0.25, 0.3) is 0 Å². The lowest BCUT2D eigenvalue weighted by molar-refractivity contribution is -0.149. The molecule has 0 aliphatic heterocycles. The molecule has 1 aromatic heterocycles. The number of esters is 1. The molecule has 22 heavy (non-hydrogen) atoms. The number of carbonyl (C=O) groups excluding carboxylic acids is 1. The van der Waals surface area contributed by atoms with E-state index in [-0.39, 0.29) is 5.97 Å². The van der Waals surface area contributed by atoms with Crippen LogP contribution in [0.3, 0.4) is 0 Å². The second-order valence-electron chi connectivity index (χ2n) is 5.11. The molecule has 0 fully saturated rings. The van der Waals surface area contributed by atoms with Crippen molar-refractivity contribution in [2.75, 3.05) is 27.4 Å². The molecule has 118 valence electrons. The zero-order valence-electron chi connectivity index (χ0n) is 13.3. The Balaban J connectivity index is 2.12. The lowest BCUT2D eigenvalue weighted by atomic mass is 10.2. The number of hydrogen-bond donors (Lipinski definition) is 0. The predicted octanol–water partition coefficient (Wildman–Crippen LogP) is 2.24. The Bertz CT molecular complexity index is 630. The summed E-state index contributed by atoms with van der Waals surface area (Å²) < 4.78 is 10.2. The van der Waals surface area contributed by atoms with Gasteiger partial charge in [0.05, 0.1) is 24.9 Å². The van der Waals surface area contributed by atoms with Gasteiger partial charge in [0, 0.05) is 18.5 Å². The van der Waals surface area contributed by atoms with Gasteiger partial charge in [0.15, 0.2) is 0 Å². The van der Waals surface area contributed by atoms with Gasteiger partial charge in [-0.2, -0.15) is 0 Å². The van der Waals surface area contributed by atoms with Crippen molar-refractivity contribution in [1.29, 1.82) is 0 Å². The summed E-state index contributed by atoms with van der Waals surface area (Å²) >= 11 is 0. The number of hydrogen-bond acceptors (Lipinski definition) is 5. The van der Waals surface area contributed by atoms with Gasteiger partial charge in [-0.1, -0.05) is 24.3 Å². The highest BCUT2D eigenvalue weighted by atomic mass is 16.5. The van der Waals surface area contributed by atoms with E-state index < -0.39 is 6.04 Å². The third kappa shape index (κ3) is 4.02. The summed E-state index contributed by atoms with van der Waals surface area (Å²) in [6.45, 7) is 3.33. The van der Waals surface area contributed by atoms with Crippen LogP contribution in [-0.2, 0) is 20.8 Å². The van der Waals surface area contributed by atoms with E-state index in [0.717, 1.165) is 16.6 Å². The molecule has 1 aromatic carbocycles. The summed E-state index contributed by atoms with van der Waals surface area (Å²) in [6.07, 6.45) is 0. The topological polar surface area (TPSA) is 51.7 Å². The zero-order chi connectivity index (χ0) is 15.9. The van der Waals surface area contributed by atoms with E-state index in [4.69, 9.17) is 9.47 Å². The SMILES string of the molecule is CCOCC(C(=O)OC)N(C)Cc1ccc2ccccc2n1. The first kappa shape index (κ1) is 16.4. The molecule has 1 heterocycles. The zero-order valence-corrected chi connectivity index (χ0v) is 13.3. The second-order valence-corrected chi connectivity index (χ2v) is 5.11. The number of methoxy groups -OCH3 is 1. The fourth-order valence-corrected chi connectivity index (χ4v) is 2.30. The number of carbonyl (C=O) groups is 1. The van der Waals surface area contributed by atoms with E-state index in [1.807, 2.05) is 55.3 Å². The molecule has 0 saturated carbocycles. The summed E-state index contributed by atoms with van der Waals surface area (Å²) in [5.41, 5.74) is 1.86. The number of aromatic nitrogens is 1. The monoisotopic (exact) mass is 302 g/mol. The smallest absolute Gasteiger partial charge is 0.325 e. The van der Waals surface area contributed by atoms with Crippen molar-refractivity contribution in [3.8, 4) is 0 Å². The fourth-order valence-electron chi connectivity index (χ4n) is 2.30. The van der Waals surface area contributed by atoms with E-state index in [1.54, 1.807) is 0 Å². The second kappa shape index (κ2) is 7.87. The molecule has 1 unspecified atom stereocenters. The van der Waals surface area contributed by atoms with E-state index in [2.05, 4.69) is 4.98 Å². The molecule has 5 nitrogen and oxygen atoms in total. The summed E-state index contributed by atoms with van der Waals surface area (Å²) in [5.74, 6) is -0.295. The van der Waals surface area contributed by atoms with Crippen LogP contribution in [0.15, 0.2) is 36.4 Å². The molecule has 2 rings (SSSR count). The van der Waals surface area contributed by atoms with Crippen LogP contribution in [0.4, 0.5) is 0 Å². The minimum atomic E-state index is -0.432. The van der Waals surface area contributed by atoms with Gasteiger partial charge in [-0.25, -0.2) is 0 Å².